The molecule has 0 radical (unpaired) electrons. The van der Waals surface area contributed by atoms with Crippen molar-refractivity contribution in [2.24, 2.45) is 0 Å². The molecule has 2 N–H and O–H groups in total. The second-order valence-corrected chi connectivity index (χ2v) is 5.72. The van der Waals surface area contributed by atoms with Crippen molar-refractivity contribution in [2.75, 3.05) is 11.9 Å². The summed E-state index contributed by atoms with van der Waals surface area (Å²) in [4.78, 5) is 35.6. The molecule has 2 amide bonds. The maximum absolute atomic E-state index is 12.4. The number of esters is 1. The smallest absolute Gasteiger partial charge is 0.315 e. The molecular weight excluding hydrogens is 332 g/mol. The Morgan fingerprint density at radius 1 is 1.04 bits per heavy atom. The molecule has 136 valence electrons. The summed E-state index contributed by atoms with van der Waals surface area (Å²) in [5.41, 5.74) is 1.86. The summed E-state index contributed by atoms with van der Waals surface area (Å²) in [6, 6.07) is 16.0. The first-order valence-electron chi connectivity index (χ1n) is 8.41. The zero-order chi connectivity index (χ0) is 18.9. The van der Waals surface area contributed by atoms with E-state index in [4.69, 9.17) is 4.74 Å². The Bertz CT molecular complexity index is 774. The van der Waals surface area contributed by atoms with Gasteiger partial charge in [0.05, 0.1) is 12.6 Å². The third-order valence-electron chi connectivity index (χ3n) is 3.67. The summed E-state index contributed by atoms with van der Waals surface area (Å²) in [5, 5.41) is 5.51. The van der Waals surface area contributed by atoms with Crippen LogP contribution in [0.15, 0.2) is 54.6 Å². The Labute approximate surface area is 152 Å². The molecule has 0 spiro atoms. The highest BCUT2D eigenvalue weighted by Gasteiger charge is 2.13. The Morgan fingerprint density at radius 3 is 2.46 bits per heavy atom. The Morgan fingerprint density at radius 2 is 1.77 bits per heavy atom. The number of hydrogen-bond donors (Lipinski definition) is 2. The molecule has 0 aliphatic rings. The number of amides is 2. The summed E-state index contributed by atoms with van der Waals surface area (Å²) in [6.07, 6.45) is -0.366. The van der Waals surface area contributed by atoms with Gasteiger partial charge in [0.15, 0.2) is 0 Å². The van der Waals surface area contributed by atoms with Gasteiger partial charge in [0.2, 0.25) is 5.91 Å². The summed E-state index contributed by atoms with van der Waals surface area (Å²) in [6.45, 7) is 3.80. The number of hydrogen-bond acceptors (Lipinski definition) is 4. The van der Waals surface area contributed by atoms with E-state index < -0.39 is 11.9 Å². The van der Waals surface area contributed by atoms with E-state index in [1.165, 1.54) is 0 Å². The van der Waals surface area contributed by atoms with Gasteiger partial charge in [-0.1, -0.05) is 36.4 Å². The van der Waals surface area contributed by atoms with Crippen molar-refractivity contribution in [1.82, 2.24) is 5.32 Å². The Kier molecular flexibility index (Phi) is 6.91. The van der Waals surface area contributed by atoms with Crippen molar-refractivity contribution in [3.05, 3.63) is 65.7 Å². The summed E-state index contributed by atoms with van der Waals surface area (Å²) >= 11 is 0. The van der Waals surface area contributed by atoms with E-state index in [1.54, 1.807) is 31.2 Å². The molecule has 0 aromatic heterocycles. The van der Waals surface area contributed by atoms with Gasteiger partial charge in [-0.05, 0) is 37.6 Å². The molecule has 2 aromatic rings. The van der Waals surface area contributed by atoms with Gasteiger partial charge in [0.1, 0.15) is 6.42 Å². The molecule has 1 unspecified atom stereocenters. The molecule has 0 saturated carbocycles. The fraction of sp³-hybridized carbons (Fsp3) is 0.250. The minimum absolute atomic E-state index is 0.147. The van der Waals surface area contributed by atoms with Crippen molar-refractivity contribution in [2.45, 2.75) is 26.3 Å². The van der Waals surface area contributed by atoms with E-state index in [-0.39, 0.29) is 25.0 Å². The predicted molar refractivity (Wildman–Crippen MR) is 98.6 cm³/mol. The average molecular weight is 354 g/mol. The van der Waals surface area contributed by atoms with Gasteiger partial charge in [-0.15, -0.1) is 0 Å². The maximum atomic E-state index is 12.4. The topological polar surface area (TPSA) is 84.5 Å². The molecule has 1 atom stereocenters. The van der Waals surface area contributed by atoms with Crippen molar-refractivity contribution in [3.8, 4) is 0 Å². The Balaban J connectivity index is 1.98. The van der Waals surface area contributed by atoms with Crippen LogP contribution in [-0.2, 0) is 14.3 Å². The lowest BCUT2D eigenvalue weighted by Crippen LogP contribution is -2.26. The van der Waals surface area contributed by atoms with E-state index in [0.717, 1.165) is 5.56 Å². The average Bonchev–Trinajstić information content (AvgIpc) is 2.62. The number of benzene rings is 2. The van der Waals surface area contributed by atoms with Crippen LogP contribution < -0.4 is 10.6 Å². The number of ether oxygens (including phenoxy) is 1. The molecule has 0 bridgehead atoms. The lowest BCUT2D eigenvalue weighted by Gasteiger charge is -2.15. The SMILES string of the molecule is CCOC(=O)CC(=O)Nc1cccc(C(=O)NC(C)c2ccccc2)c1. The quantitative estimate of drug-likeness (QED) is 0.591. The minimum Gasteiger partial charge on any atom is -0.466 e. The molecule has 6 heteroatoms. The van der Waals surface area contributed by atoms with Gasteiger partial charge in [-0.2, -0.15) is 0 Å². The van der Waals surface area contributed by atoms with Gasteiger partial charge in [-0.25, -0.2) is 0 Å². The number of rotatable bonds is 7. The van der Waals surface area contributed by atoms with Gasteiger partial charge >= 0.3 is 5.97 Å². The Hall–Kier alpha value is -3.15. The highest BCUT2D eigenvalue weighted by Crippen LogP contribution is 2.15. The second-order valence-electron chi connectivity index (χ2n) is 5.72. The van der Waals surface area contributed by atoms with Crippen LogP contribution in [0.1, 0.15) is 42.2 Å². The van der Waals surface area contributed by atoms with E-state index in [9.17, 15) is 14.4 Å². The van der Waals surface area contributed by atoms with Crippen LogP contribution in [0.25, 0.3) is 0 Å². The first kappa shape index (κ1) is 19.2. The molecule has 26 heavy (non-hydrogen) atoms. The zero-order valence-electron chi connectivity index (χ0n) is 14.8. The van der Waals surface area contributed by atoms with E-state index in [2.05, 4.69) is 10.6 Å². The lowest BCUT2D eigenvalue weighted by atomic mass is 10.1. The molecule has 6 nitrogen and oxygen atoms in total. The molecular formula is C20H22N2O4. The number of carbonyl (C=O) groups is 3. The van der Waals surface area contributed by atoms with Crippen LogP contribution in [0.3, 0.4) is 0 Å². The predicted octanol–water partition coefficient (Wildman–Crippen LogP) is 3.07. The van der Waals surface area contributed by atoms with E-state index in [0.29, 0.717) is 11.3 Å². The van der Waals surface area contributed by atoms with Gasteiger partial charge in [0, 0.05) is 11.3 Å². The first-order chi connectivity index (χ1) is 12.5. The van der Waals surface area contributed by atoms with Gasteiger partial charge < -0.3 is 15.4 Å². The normalized spacial score (nSPS) is 11.3. The van der Waals surface area contributed by atoms with Crippen LogP contribution in [0.2, 0.25) is 0 Å². The lowest BCUT2D eigenvalue weighted by molar-refractivity contribution is -0.145. The highest BCUT2D eigenvalue weighted by atomic mass is 16.5. The number of nitrogens with one attached hydrogen (secondary N) is 2. The standard InChI is InChI=1S/C20H22N2O4/c1-3-26-19(24)13-18(23)22-17-11-7-10-16(12-17)20(25)21-14(2)15-8-5-4-6-9-15/h4-12,14H,3,13H2,1-2H3,(H,21,25)(H,22,23). The van der Waals surface area contributed by atoms with Crippen LogP contribution in [0, 0.1) is 0 Å². The molecule has 0 aliphatic carbocycles. The van der Waals surface area contributed by atoms with E-state index in [1.807, 2.05) is 37.3 Å². The molecule has 0 fully saturated rings. The zero-order valence-corrected chi connectivity index (χ0v) is 14.8. The summed E-state index contributed by atoms with van der Waals surface area (Å²) in [7, 11) is 0. The third kappa shape index (κ3) is 5.73. The second kappa shape index (κ2) is 9.36. The van der Waals surface area contributed by atoms with Crippen molar-refractivity contribution in [1.29, 1.82) is 0 Å². The van der Waals surface area contributed by atoms with Gasteiger partial charge in [0.25, 0.3) is 5.91 Å². The molecule has 2 aromatic carbocycles. The van der Waals surface area contributed by atoms with Crippen LogP contribution in [-0.4, -0.2) is 24.4 Å². The third-order valence-corrected chi connectivity index (χ3v) is 3.67. The summed E-state index contributed by atoms with van der Waals surface area (Å²) < 4.78 is 4.73. The minimum atomic E-state index is -0.587. The number of anilines is 1. The van der Waals surface area contributed by atoms with Crippen LogP contribution >= 0.6 is 0 Å². The van der Waals surface area contributed by atoms with E-state index >= 15 is 0 Å². The largest absolute Gasteiger partial charge is 0.466 e. The monoisotopic (exact) mass is 354 g/mol. The molecule has 2 rings (SSSR count). The fourth-order valence-corrected chi connectivity index (χ4v) is 2.39. The molecule has 0 heterocycles. The number of carbonyl (C=O) groups excluding carboxylic acids is 3. The van der Waals surface area contributed by atoms with Crippen LogP contribution in [0.4, 0.5) is 5.69 Å². The maximum Gasteiger partial charge on any atom is 0.315 e. The molecule has 0 aliphatic heterocycles. The van der Waals surface area contributed by atoms with Crippen LogP contribution in [0.5, 0.6) is 0 Å². The van der Waals surface area contributed by atoms with Crippen molar-refractivity contribution >= 4 is 23.5 Å². The highest BCUT2D eigenvalue weighted by molar-refractivity contribution is 6.03. The first-order valence-corrected chi connectivity index (χ1v) is 8.41. The summed E-state index contributed by atoms with van der Waals surface area (Å²) in [5.74, 6) is -1.32. The fourth-order valence-electron chi connectivity index (χ4n) is 2.39. The van der Waals surface area contributed by atoms with Crippen molar-refractivity contribution < 1.29 is 19.1 Å². The van der Waals surface area contributed by atoms with Gasteiger partial charge in [-0.3, -0.25) is 14.4 Å². The van der Waals surface area contributed by atoms with Crippen molar-refractivity contribution in [3.63, 3.8) is 0 Å². The molecule has 0 saturated heterocycles.